The van der Waals surface area contributed by atoms with Crippen LogP contribution in [0.5, 0.6) is 0 Å². The average molecular weight is 251 g/mol. The summed E-state index contributed by atoms with van der Waals surface area (Å²) in [7, 11) is 1.51. The van der Waals surface area contributed by atoms with Gasteiger partial charge in [0.1, 0.15) is 17.5 Å². The van der Waals surface area contributed by atoms with Crippen molar-refractivity contribution in [1.29, 1.82) is 0 Å². The van der Waals surface area contributed by atoms with Gasteiger partial charge in [-0.05, 0) is 12.1 Å². The number of hydrogen-bond acceptors (Lipinski definition) is 4. The molecule has 2 aromatic rings. The third-order valence-electron chi connectivity index (χ3n) is 2.21. The summed E-state index contributed by atoms with van der Waals surface area (Å²) < 4.78 is 31.1. The van der Waals surface area contributed by atoms with Crippen molar-refractivity contribution in [3.05, 3.63) is 41.6 Å². The molecule has 0 radical (unpaired) electrons. The van der Waals surface area contributed by atoms with Crippen LogP contribution in [0.25, 0.3) is 11.4 Å². The van der Waals surface area contributed by atoms with Crippen LogP contribution in [-0.4, -0.2) is 17.1 Å². The molecule has 18 heavy (non-hydrogen) atoms. The summed E-state index contributed by atoms with van der Waals surface area (Å²) in [4.78, 5) is 8.07. The number of aromatic nitrogens is 2. The number of nitrogens with zero attached hydrogens (tertiary/aromatic N) is 2. The summed E-state index contributed by atoms with van der Waals surface area (Å²) in [6.07, 6.45) is 0. The summed E-state index contributed by atoms with van der Waals surface area (Å²) in [6.45, 7) is 0.248. The lowest BCUT2D eigenvalue weighted by atomic mass is 10.2. The Labute approximate surface area is 102 Å². The van der Waals surface area contributed by atoms with Gasteiger partial charge in [0.05, 0.1) is 12.3 Å². The molecular formula is C12H11F2N3O. The van der Waals surface area contributed by atoms with E-state index in [-0.39, 0.29) is 23.8 Å². The van der Waals surface area contributed by atoms with Crippen LogP contribution < -0.4 is 5.73 Å². The highest BCUT2D eigenvalue weighted by molar-refractivity contribution is 5.57. The molecule has 0 amide bonds. The molecular weight excluding hydrogens is 240 g/mol. The monoisotopic (exact) mass is 251 g/mol. The number of nitrogen functional groups attached to an aromatic ring is 1. The first-order chi connectivity index (χ1) is 8.58. The minimum Gasteiger partial charge on any atom is -0.384 e. The predicted molar refractivity (Wildman–Crippen MR) is 62.5 cm³/mol. The third-order valence-corrected chi connectivity index (χ3v) is 2.21. The van der Waals surface area contributed by atoms with Crippen molar-refractivity contribution in [1.82, 2.24) is 9.97 Å². The van der Waals surface area contributed by atoms with Gasteiger partial charge in [-0.25, -0.2) is 18.7 Å². The van der Waals surface area contributed by atoms with Crippen LogP contribution in [-0.2, 0) is 11.3 Å². The van der Waals surface area contributed by atoms with Crippen molar-refractivity contribution in [3.8, 4) is 11.4 Å². The molecule has 0 saturated carbocycles. The van der Waals surface area contributed by atoms with Gasteiger partial charge in [0.15, 0.2) is 5.82 Å². The minimum absolute atomic E-state index is 0.167. The third kappa shape index (κ3) is 2.78. The Hall–Kier alpha value is -2.08. The largest absolute Gasteiger partial charge is 0.384 e. The molecule has 1 heterocycles. The molecule has 94 valence electrons. The first-order valence-electron chi connectivity index (χ1n) is 5.17. The van der Waals surface area contributed by atoms with Crippen molar-refractivity contribution in [3.63, 3.8) is 0 Å². The lowest BCUT2D eigenvalue weighted by Crippen LogP contribution is -2.01. The quantitative estimate of drug-likeness (QED) is 0.908. The van der Waals surface area contributed by atoms with E-state index >= 15 is 0 Å². The van der Waals surface area contributed by atoms with Gasteiger partial charge in [-0.15, -0.1) is 0 Å². The molecule has 0 bridgehead atoms. The van der Waals surface area contributed by atoms with Gasteiger partial charge in [-0.3, -0.25) is 0 Å². The number of rotatable bonds is 3. The zero-order valence-electron chi connectivity index (χ0n) is 9.65. The Kier molecular flexibility index (Phi) is 3.47. The van der Waals surface area contributed by atoms with Crippen LogP contribution in [0.3, 0.4) is 0 Å². The van der Waals surface area contributed by atoms with Crippen LogP contribution in [0, 0.1) is 11.6 Å². The molecule has 0 unspecified atom stereocenters. The molecule has 4 nitrogen and oxygen atoms in total. The molecule has 0 aliphatic heterocycles. The highest BCUT2D eigenvalue weighted by atomic mass is 19.1. The van der Waals surface area contributed by atoms with Gasteiger partial charge in [-0.1, -0.05) is 0 Å². The molecule has 0 fully saturated rings. The standard InChI is InChI=1S/C12H11F2N3O/c1-18-6-10-5-11(15)17-12(16-10)7-2-8(13)4-9(14)3-7/h2-5H,6H2,1H3,(H2,15,16,17). The van der Waals surface area contributed by atoms with E-state index in [1.807, 2.05) is 0 Å². The van der Waals surface area contributed by atoms with E-state index < -0.39 is 11.6 Å². The maximum atomic E-state index is 13.1. The van der Waals surface area contributed by atoms with Gasteiger partial charge in [0.25, 0.3) is 0 Å². The lowest BCUT2D eigenvalue weighted by Gasteiger charge is -2.05. The fraction of sp³-hybridized carbons (Fsp3) is 0.167. The number of ether oxygens (including phenoxy) is 1. The fourth-order valence-corrected chi connectivity index (χ4v) is 1.55. The molecule has 2 N–H and O–H groups in total. The number of hydrogen-bond donors (Lipinski definition) is 1. The van der Waals surface area contributed by atoms with E-state index in [2.05, 4.69) is 9.97 Å². The lowest BCUT2D eigenvalue weighted by molar-refractivity contribution is 0.181. The molecule has 1 aromatic heterocycles. The topological polar surface area (TPSA) is 61.0 Å². The van der Waals surface area contributed by atoms with Gasteiger partial charge in [-0.2, -0.15) is 0 Å². The second-order valence-corrected chi connectivity index (χ2v) is 3.70. The minimum atomic E-state index is -0.690. The number of halogens is 2. The van der Waals surface area contributed by atoms with Crippen molar-refractivity contribution < 1.29 is 13.5 Å². The van der Waals surface area contributed by atoms with E-state index in [0.29, 0.717) is 5.69 Å². The van der Waals surface area contributed by atoms with Gasteiger partial charge < -0.3 is 10.5 Å². The summed E-state index contributed by atoms with van der Waals surface area (Å²) in [5, 5.41) is 0. The summed E-state index contributed by atoms with van der Waals surface area (Å²) in [5.41, 5.74) is 6.39. The molecule has 0 atom stereocenters. The molecule has 1 aromatic carbocycles. The van der Waals surface area contributed by atoms with Crippen LogP contribution in [0.15, 0.2) is 24.3 Å². The second-order valence-electron chi connectivity index (χ2n) is 3.70. The van der Waals surface area contributed by atoms with Crippen molar-refractivity contribution in [2.45, 2.75) is 6.61 Å². The van der Waals surface area contributed by atoms with Crippen molar-refractivity contribution in [2.24, 2.45) is 0 Å². The number of benzene rings is 1. The SMILES string of the molecule is COCc1cc(N)nc(-c2cc(F)cc(F)c2)n1. The fourth-order valence-electron chi connectivity index (χ4n) is 1.55. The van der Waals surface area contributed by atoms with Crippen molar-refractivity contribution in [2.75, 3.05) is 12.8 Å². The zero-order valence-corrected chi connectivity index (χ0v) is 9.65. The highest BCUT2D eigenvalue weighted by Crippen LogP contribution is 2.19. The maximum Gasteiger partial charge on any atom is 0.162 e. The van der Waals surface area contributed by atoms with Gasteiger partial charge >= 0.3 is 0 Å². The van der Waals surface area contributed by atoms with Crippen LogP contribution in [0.2, 0.25) is 0 Å². The molecule has 2 rings (SSSR count). The number of methoxy groups -OCH3 is 1. The van der Waals surface area contributed by atoms with Crippen molar-refractivity contribution >= 4 is 5.82 Å². The van der Waals surface area contributed by atoms with E-state index in [1.165, 1.54) is 7.11 Å². The number of anilines is 1. The van der Waals surface area contributed by atoms with Crippen LogP contribution >= 0.6 is 0 Å². The summed E-state index contributed by atoms with van der Waals surface area (Å²) >= 11 is 0. The Morgan fingerprint density at radius 2 is 1.78 bits per heavy atom. The van der Waals surface area contributed by atoms with E-state index in [9.17, 15) is 8.78 Å². The molecule has 0 spiro atoms. The molecule has 0 aliphatic carbocycles. The Balaban J connectivity index is 2.49. The predicted octanol–water partition coefficient (Wildman–Crippen LogP) is 2.15. The first-order valence-corrected chi connectivity index (χ1v) is 5.17. The Morgan fingerprint density at radius 3 is 2.39 bits per heavy atom. The van der Waals surface area contributed by atoms with E-state index in [1.54, 1.807) is 6.07 Å². The van der Waals surface area contributed by atoms with Crippen LogP contribution in [0.4, 0.5) is 14.6 Å². The molecule has 0 saturated heterocycles. The molecule has 0 aliphatic rings. The van der Waals surface area contributed by atoms with E-state index in [0.717, 1.165) is 18.2 Å². The summed E-state index contributed by atoms with van der Waals surface area (Å²) in [5.74, 6) is -0.995. The number of nitrogens with two attached hydrogens (primary N) is 1. The second kappa shape index (κ2) is 5.05. The average Bonchev–Trinajstić information content (AvgIpc) is 2.27. The van der Waals surface area contributed by atoms with Gasteiger partial charge in [0.2, 0.25) is 0 Å². The Morgan fingerprint density at radius 1 is 1.11 bits per heavy atom. The Bertz CT molecular complexity index is 555. The molecule has 6 heteroatoms. The smallest absolute Gasteiger partial charge is 0.162 e. The zero-order chi connectivity index (χ0) is 13.1. The summed E-state index contributed by atoms with van der Waals surface area (Å²) in [6, 6.07) is 4.62. The highest BCUT2D eigenvalue weighted by Gasteiger charge is 2.08. The van der Waals surface area contributed by atoms with Gasteiger partial charge in [0, 0.05) is 24.8 Å². The maximum absolute atomic E-state index is 13.1. The van der Waals surface area contributed by atoms with E-state index in [4.69, 9.17) is 10.5 Å². The van der Waals surface area contributed by atoms with Crippen LogP contribution in [0.1, 0.15) is 5.69 Å². The first kappa shape index (κ1) is 12.4. The normalized spacial score (nSPS) is 10.6.